The van der Waals surface area contributed by atoms with Crippen LogP contribution >= 0.6 is 0 Å². The Labute approximate surface area is 114 Å². The number of hydrogen-bond donors (Lipinski definition) is 3. The highest BCUT2D eigenvalue weighted by Crippen LogP contribution is 2.54. The molecule has 0 radical (unpaired) electrons. The molecule has 0 aromatic heterocycles. The van der Waals surface area contributed by atoms with Gasteiger partial charge in [-0.05, 0) is 44.1 Å². The second-order valence-corrected chi connectivity index (χ2v) is 5.76. The molecule has 1 aliphatic carbocycles. The van der Waals surface area contributed by atoms with Gasteiger partial charge in [0, 0.05) is 23.7 Å². The highest BCUT2D eigenvalue weighted by Gasteiger charge is 2.48. The van der Waals surface area contributed by atoms with Crippen LogP contribution in [0, 0.1) is 5.41 Å². The summed E-state index contributed by atoms with van der Waals surface area (Å²) in [4.78, 5) is 11.4. The summed E-state index contributed by atoms with van der Waals surface area (Å²) in [6.45, 7) is 1.03. The first-order chi connectivity index (χ1) is 9.18. The van der Waals surface area contributed by atoms with Gasteiger partial charge in [-0.25, -0.2) is 0 Å². The first-order valence-corrected chi connectivity index (χ1v) is 6.93. The number of anilines is 1. The van der Waals surface area contributed by atoms with E-state index in [-0.39, 0.29) is 5.91 Å². The second-order valence-electron chi connectivity index (χ2n) is 5.76. The Balaban J connectivity index is 1.89. The number of amides is 1. The van der Waals surface area contributed by atoms with Gasteiger partial charge >= 0.3 is 0 Å². The lowest BCUT2D eigenvalue weighted by molar-refractivity contribution is -0.115. The van der Waals surface area contributed by atoms with Crippen LogP contribution in [0.4, 0.5) is 5.69 Å². The number of carbonyl (C=O) groups is 1. The number of fused-ring (bicyclic) bond motifs is 1. The molecule has 0 saturated heterocycles. The Kier molecular flexibility index (Phi) is 3.07. The maximum absolute atomic E-state index is 11.4. The van der Waals surface area contributed by atoms with Crippen LogP contribution in [0.3, 0.4) is 0 Å². The van der Waals surface area contributed by atoms with Crippen molar-refractivity contribution in [3.8, 4) is 0 Å². The standard InChI is InChI=1S/C15H21N3O/c1-16-9-15(5-6-15)14(17-2)10-3-4-12-11(7-10)8-13(19)18-12/h3-4,7,14,16-17H,5-6,8-9H2,1-2H3,(H,18,19). The lowest BCUT2D eigenvalue weighted by atomic mass is 9.89. The van der Waals surface area contributed by atoms with Gasteiger partial charge in [0.15, 0.2) is 0 Å². The van der Waals surface area contributed by atoms with Gasteiger partial charge in [-0.3, -0.25) is 4.79 Å². The first kappa shape index (κ1) is 12.6. The van der Waals surface area contributed by atoms with Crippen molar-refractivity contribution in [2.45, 2.75) is 25.3 Å². The SMILES string of the molecule is CNCC1(C(NC)c2ccc3c(c2)CC(=O)N3)CC1. The van der Waals surface area contributed by atoms with Gasteiger partial charge in [0.1, 0.15) is 0 Å². The fourth-order valence-electron chi connectivity index (χ4n) is 3.34. The Bertz CT molecular complexity index is 508. The van der Waals surface area contributed by atoms with E-state index in [0.29, 0.717) is 17.9 Å². The molecule has 3 N–H and O–H groups in total. The average Bonchev–Trinajstić information content (AvgIpc) is 3.04. The minimum absolute atomic E-state index is 0.101. The Morgan fingerprint density at radius 2 is 2.16 bits per heavy atom. The summed E-state index contributed by atoms with van der Waals surface area (Å²) < 4.78 is 0. The molecule has 1 unspecified atom stereocenters. The normalized spacial score (nSPS) is 20.8. The van der Waals surface area contributed by atoms with Gasteiger partial charge in [-0.15, -0.1) is 0 Å². The Morgan fingerprint density at radius 3 is 2.79 bits per heavy atom. The summed E-state index contributed by atoms with van der Waals surface area (Å²) in [6, 6.07) is 6.72. The summed E-state index contributed by atoms with van der Waals surface area (Å²) in [5.41, 5.74) is 3.74. The zero-order chi connectivity index (χ0) is 13.5. The smallest absolute Gasteiger partial charge is 0.228 e. The fourth-order valence-corrected chi connectivity index (χ4v) is 3.34. The van der Waals surface area contributed by atoms with E-state index >= 15 is 0 Å². The third-order valence-electron chi connectivity index (χ3n) is 4.41. The maximum atomic E-state index is 11.4. The van der Waals surface area contributed by atoms with E-state index in [2.05, 4.69) is 28.1 Å². The number of benzene rings is 1. The van der Waals surface area contributed by atoms with E-state index < -0.39 is 0 Å². The summed E-state index contributed by atoms with van der Waals surface area (Å²) >= 11 is 0. The molecule has 4 nitrogen and oxygen atoms in total. The average molecular weight is 259 g/mol. The molecule has 2 aliphatic rings. The van der Waals surface area contributed by atoms with Crippen molar-refractivity contribution in [3.05, 3.63) is 29.3 Å². The summed E-state index contributed by atoms with van der Waals surface area (Å²) in [7, 11) is 4.04. The Hall–Kier alpha value is -1.39. The van der Waals surface area contributed by atoms with Crippen molar-refractivity contribution < 1.29 is 4.79 Å². The molecule has 1 amide bonds. The third-order valence-corrected chi connectivity index (χ3v) is 4.41. The van der Waals surface area contributed by atoms with Crippen molar-refractivity contribution in [2.24, 2.45) is 5.41 Å². The van der Waals surface area contributed by atoms with Crippen LogP contribution in [-0.2, 0) is 11.2 Å². The molecule has 3 rings (SSSR count). The van der Waals surface area contributed by atoms with Crippen LogP contribution in [0.25, 0.3) is 0 Å². The Morgan fingerprint density at radius 1 is 1.37 bits per heavy atom. The van der Waals surface area contributed by atoms with Crippen LogP contribution in [0.15, 0.2) is 18.2 Å². The minimum Gasteiger partial charge on any atom is -0.326 e. The molecule has 1 heterocycles. The number of rotatable bonds is 5. The van der Waals surface area contributed by atoms with Gasteiger partial charge in [-0.1, -0.05) is 12.1 Å². The molecule has 0 spiro atoms. The molecule has 1 aromatic carbocycles. The molecule has 19 heavy (non-hydrogen) atoms. The fraction of sp³-hybridized carbons (Fsp3) is 0.533. The predicted octanol–water partition coefficient (Wildman–Crippen LogP) is 1.44. The molecule has 1 fully saturated rings. The molecular weight excluding hydrogens is 238 g/mol. The highest BCUT2D eigenvalue weighted by molar-refractivity contribution is 5.99. The number of nitrogens with one attached hydrogen (secondary N) is 3. The van der Waals surface area contributed by atoms with E-state index in [4.69, 9.17) is 0 Å². The van der Waals surface area contributed by atoms with E-state index in [1.54, 1.807) is 0 Å². The molecule has 0 bridgehead atoms. The van der Waals surface area contributed by atoms with Crippen molar-refractivity contribution in [2.75, 3.05) is 26.0 Å². The largest absolute Gasteiger partial charge is 0.326 e. The molecule has 4 heteroatoms. The van der Waals surface area contributed by atoms with Crippen molar-refractivity contribution >= 4 is 11.6 Å². The van der Waals surface area contributed by atoms with Gasteiger partial charge < -0.3 is 16.0 Å². The van der Waals surface area contributed by atoms with Gasteiger partial charge in [0.2, 0.25) is 5.91 Å². The monoisotopic (exact) mass is 259 g/mol. The van der Waals surface area contributed by atoms with Crippen LogP contribution in [0.1, 0.15) is 30.0 Å². The maximum Gasteiger partial charge on any atom is 0.228 e. The first-order valence-electron chi connectivity index (χ1n) is 6.93. The summed E-state index contributed by atoms with van der Waals surface area (Å²) in [5, 5.41) is 9.66. The van der Waals surface area contributed by atoms with E-state index in [1.165, 1.54) is 18.4 Å². The molecule has 1 atom stereocenters. The quantitative estimate of drug-likeness (QED) is 0.750. The summed E-state index contributed by atoms with van der Waals surface area (Å²) in [5.74, 6) is 0.101. The second kappa shape index (κ2) is 4.62. The number of carbonyl (C=O) groups excluding carboxylic acids is 1. The minimum atomic E-state index is 0.101. The van der Waals surface area contributed by atoms with E-state index in [1.807, 2.05) is 20.2 Å². The van der Waals surface area contributed by atoms with Crippen molar-refractivity contribution in [3.63, 3.8) is 0 Å². The van der Waals surface area contributed by atoms with Crippen molar-refractivity contribution in [1.29, 1.82) is 0 Å². The zero-order valence-electron chi connectivity index (χ0n) is 11.5. The van der Waals surface area contributed by atoms with E-state index in [9.17, 15) is 4.79 Å². The molecule has 1 aromatic rings. The summed E-state index contributed by atoms with van der Waals surface area (Å²) in [6.07, 6.45) is 3.03. The molecule has 102 valence electrons. The van der Waals surface area contributed by atoms with Crippen LogP contribution in [-0.4, -0.2) is 26.5 Å². The van der Waals surface area contributed by atoms with Gasteiger partial charge in [0.05, 0.1) is 6.42 Å². The number of hydrogen-bond acceptors (Lipinski definition) is 3. The lowest BCUT2D eigenvalue weighted by Gasteiger charge is -2.27. The van der Waals surface area contributed by atoms with E-state index in [0.717, 1.165) is 17.8 Å². The third kappa shape index (κ3) is 2.15. The topological polar surface area (TPSA) is 53.2 Å². The predicted molar refractivity (Wildman–Crippen MR) is 76.2 cm³/mol. The lowest BCUT2D eigenvalue weighted by Crippen LogP contribution is -2.33. The van der Waals surface area contributed by atoms with Gasteiger partial charge in [0.25, 0.3) is 0 Å². The highest BCUT2D eigenvalue weighted by atomic mass is 16.1. The van der Waals surface area contributed by atoms with Crippen LogP contribution in [0.2, 0.25) is 0 Å². The molecule has 1 saturated carbocycles. The molecule has 1 aliphatic heterocycles. The van der Waals surface area contributed by atoms with Crippen molar-refractivity contribution in [1.82, 2.24) is 10.6 Å². The van der Waals surface area contributed by atoms with Crippen LogP contribution in [0.5, 0.6) is 0 Å². The zero-order valence-corrected chi connectivity index (χ0v) is 11.5. The van der Waals surface area contributed by atoms with Crippen LogP contribution < -0.4 is 16.0 Å². The molecular formula is C15H21N3O. The van der Waals surface area contributed by atoms with Gasteiger partial charge in [-0.2, -0.15) is 0 Å².